The topological polar surface area (TPSA) is 64.7 Å². The Morgan fingerprint density at radius 1 is 0.900 bits per heavy atom. The van der Waals surface area contributed by atoms with E-state index in [2.05, 4.69) is 15.0 Å². The third kappa shape index (κ3) is 2.23. The molecule has 0 unspecified atom stereocenters. The molecule has 0 fully saturated rings. The molecule has 2 aromatic heterocycles. The zero-order valence-electron chi connectivity index (χ0n) is 11.1. The fourth-order valence-electron chi connectivity index (χ4n) is 2.02. The van der Waals surface area contributed by atoms with Gasteiger partial charge in [0.25, 0.3) is 0 Å². The van der Waals surface area contributed by atoms with Gasteiger partial charge in [-0.2, -0.15) is 0 Å². The minimum absolute atomic E-state index is 0.486. The highest BCUT2D eigenvalue weighted by atomic mass is 15.0. The van der Waals surface area contributed by atoms with Crippen LogP contribution in [0.15, 0.2) is 54.7 Å². The van der Waals surface area contributed by atoms with E-state index in [9.17, 15) is 0 Å². The SMILES string of the molecule is Cc1c(N)nc(-c2ccccn2)nc1-c1ccccc1. The minimum atomic E-state index is 0.486. The lowest BCUT2D eigenvalue weighted by Gasteiger charge is -2.09. The number of rotatable bonds is 2. The van der Waals surface area contributed by atoms with Gasteiger partial charge in [-0.3, -0.25) is 4.98 Å². The predicted molar refractivity (Wildman–Crippen MR) is 79.8 cm³/mol. The molecule has 0 aliphatic rings. The molecule has 0 saturated heterocycles. The average Bonchev–Trinajstić information content (AvgIpc) is 2.51. The first-order chi connectivity index (χ1) is 9.75. The van der Waals surface area contributed by atoms with E-state index >= 15 is 0 Å². The minimum Gasteiger partial charge on any atom is -0.383 e. The predicted octanol–water partition coefficient (Wildman–Crippen LogP) is 3.10. The van der Waals surface area contributed by atoms with Crippen LogP contribution in [-0.4, -0.2) is 15.0 Å². The molecule has 0 saturated carbocycles. The maximum Gasteiger partial charge on any atom is 0.180 e. The van der Waals surface area contributed by atoms with Crippen LogP contribution >= 0.6 is 0 Å². The van der Waals surface area contributed by atoms with Crippen molar-refractivity contribution < 1.29 is 0 Å². The Balaban J connectivity index is 2.19. The second kappa shape index (κ2) is 5.09. The molecule has 3 aromatic rings. The summed E-state index contributed by atoms with van der Waals surface area (Å²) < 4.78 is 0. The highest BCUT2D eigenvalue weighted by molar-refractivity contribution is 5.70. The largest absolute Gasteiger partial charge is 0.383 e. The van der Waals surface area contributed by atoms with Gasteiger partial charge in [0.15, 0.2) is 5.82 Å². The van der Waals surface area contributed by atoms with Crippen LogP contribution < -0.4 is 5.73 Å². The Morgan fingerprint density at radius 2 is 1.65 bits per heavy atom. The van der Waals surface area contributed by atoms with E-state index in [1.807, 2.05) is 55.5 Å². The van der Waals surface area contributed by atoms with Gasteiger partial charge >= 0.3 is 0 Å². The highest BCUT2D eigenvalue weighted by Crippen LogP contribution is 2.26. The summed E-state index contributed by atoms with van der Waals surface area (Å²) in [5, 5.41) is 0. The summed E-state index contributed by atoms with van der Waals surface area (Å²) in [7, 11) is 0. The fraction of sp³-hybridized carbons (Fsp3) is 0.0625. The van der Waals surface area contributed by atoms with Crippen molar-refractivity contribution in [1.29, 1.82) is 0 Å². The molecule has 0 aliphatic carbocycles. The van der Waals surface area contributed by atoms with E-state index in [4.69, 9.17) is 5.73 Å². The van der Waals surface area contributed by atoms with Crippen molar-refractivity contribution in [2.45, 2.75) is 6.92 Å². The molecule has 4 heteroatoms. The molecular formula is C16H14N4. The summed E-state index contributed by atoms with van der Waals surface area (Å²) in [5.74, 6) is 1.03. The molecule has 0 spiro atoms. The number of aromatic nitrogens is 3. The van der Waals surface area contributed by atoms with Gasteiger partial charge in [-0.15, -0.1) is 0 Å². The first kappa shape index (κ1) is 12.3. The molecule has 0 aliphatic heterocycles. The normalized spacial score (nSPS) is 10.4. The molecule has 98 valence electrons. The zero-order valence-corrected chi connectivity index (χ0v) is 11.1. The summed E-state index contributed by atoms with van der Waals surface area (Å²) in [6.45, 7) is 1.93. The van der Waals surface area contributed by atoms with Gasteiger partial charge in [0.1, 0.15) is 11.5 Å². The van der Waals surface area contributed by atoms with E-state index in [0.717, 1.165) is 22.5 Å². The van der Waals surface area contributed by atoms with Crippen molar-refractivity contribution in [3.05, 3.63) is 60.3 Å². The second-order valence-corrected chi connectivity index (χ2v) is 4.49. The summed E-state index contributed by atoms with van der Waals surface area (Å²) in [5.41, 5.74) is 9.49. The third-order valence-electron chi connectivity index (χ3n) is 3.12. The summed E-state index contributed by atoms with van der Waals surface area (Å²) in [6, 6.07) is 15.6. The number of anilines is 1. The van der Waals surface area contributed by atoms with E-state index in [1.165, 1.54) is 0 Å². The summed E-state index contributed by atoms with van der Waals surface area (Å²) >= 11 is 0. The summed E-state index contributed by atoms with van der Waals surface area (Å²) in [6.07, 6.45) is 1.72. The van der Waals surface area contributed by atoms with Crippen LogP contribution in [0.2, 0.25) is 0 Å². The Bertz CT molecular complexity index is 724. The Hall–Kier alpha value is -2.75. The molecule has 2 heterocycles. The molecule has 2 N–H and O–H groups in total. The first-order valence-electron chi connectivity index (χ1n) is 6.36. The average molecular weight is 262 g/mol. The van der Waals surface area contributed by atoms with Gasteiger partial charge in [0, 0.05) is 17.3 Å². The van der Waals surface area contributed by atoms with Gasteiger partial charge in [-0.1, -0.05) is 36.4 Å². The maximum absolute atomic E-state index is 6.02. The quantitative estimate of drug-likeness (QED) is 0.770. The van der Waals surface area contributed by atoms with Crippen LogP contribution in [0.3, 0.4) is 0 Å². The lowest BCUT2D eigenvalue weighted by atomic mass is 10.1. The first-order valence-corrected chi connectivity index (χ1v) is 6.36. The van der Waals surface area contributed by atoms with Crippen molar-refractivity contribution in [3.63, 3.8) is 0 Å². The standard InChI is InChI=1S/C16H14N4/c1-11-14(12-7-3-2-4-8-12)19-16(20-15(11)17)13-9-5-6-10-18-13/h2-10H,1H3,(H2,17,19,20). The van der Waals surface area contributed by atoms with Crippen LogP contribution in [-0.2, 0) is 0 Å². The Kier molecular flexibility index (Phi) is 3.13. The molecule has 0 amide bonds. The monoisotopic (exact) mass is 262 g/mol. The zero-order chi connectivity index (χ0) is 13.9. The van der Waals surface area contributed by atoms with E-state index in [1.54, 1.807) is 6.20 Å². The van der Waals surface area contributed by atoms with E-state index in [-0.39, 0.29) is 0 Å². The van der Waals surface area contributed by atoms with Crippen LogP contribution in [0.4, 0.5) is 5.82 Å². The molecule has 0 radical (unpaired) electrons. The molecular weight excluding hydrogens is 248 g/mol. The molecule has 3 rings (SSSR count). The lowest BCUT2D eigenvalue weighted by molar-refractivity contribution is 1.12. The van der Waals surface area contributed by atoms with Crippen LogP contribution in [0, 0.1) is 6.92 Å². The number of nitrogens with two attached hydrogens (primary N) is 1. The molecule has 1 aromatic carbocycles. The fourth-order valence-corrected chi connectivity index (χ4v) is 2.02. The van der Waals surface area contributed by atoms with Gasteiger partial charge in [0.05, 0.1) is 5.69 Å². The van der Waals surface area contributed by atoms with Crippen molar-refractivity contribution in [3.8, 4) is 22.8 Å². The van der Waals surface area contributed by atoms with Crippen LogP contribution in [0.5, 0.6) is 0 Å². The second-order valence-electron chi connectivity index (χ2n) is 4.49. The number of hydrogen-bond acceptors (Lipinski definition) is 4. The van der Waals surface area contributed by atoms with Gasteiger partial charge in [-0.05, 0) is 19.1 Å². The van der Waals surface area contributed by atoms with Crippen molar-refractivity contribution in [2.75, 3.05) is 5.73 Å². The highest BCUT2D eigenvalue weighted by Gasteiger charge is 2.12. The van der Waals surface area contributed by atoms with Gasteiger partial charge in [0.2, 0.25) is 0 Å². The molecule has 0 bridgehead atoms. The number of benzene rings is 1. The number of hydrogen-bond donors (Lipinski definition) is 1. The van der Waals surface area contributed by atoms with E-state index < -0.39 is 0 Å². The number of nitrogen functional groups attached to an aromatic ring is 1. The molecule has 4 nitrogen and oxygen atoms in total. The van der Waals surface area contributed by atoms with E-state index in [0.29, 0.717) is 11.6 Å². The van der Waals surface area contributed by atoms with Crippen LogP contribution in [0.1, 0.15) is 5.56 Å². The third-order valence-corrected chi connectivity index (χ3v) is 3.12. The smallest absolute Gasteiger partial charge is 0.180 e. The Morgan fingerprint density at radius 3 is 2.35 bits per heavy atom. The van der Waals surface area contributed by atoms with Gasteiger partial charge < -0.3 is 5.73 Å². The summed E-state index contributed by atoms with van der Waals surface area (Å²) in [4.78, 5) is 13.2. The van der Waals surface area contributed by atoms with Gasteiger partial charge in [-0.25, -0.2) is 9.97 Å². The Labute approximate surface area is 117 Å². The van der Waals surface area contributed by atoms with Crippen molar-refractivity contribution in [2.24, 2.45) is 0 Å². The number of nitrogens with zero attached hydrogens (tertiary/aromatic N) is 3. The lowest BCUT2D eigenvalue weighted by Crippen LogP contribution is -2.03. The molecule has 0 atom stereocenters. The maximum atomic E-state index is 6.02. The van der Waals surface area contributed by atoms with Crippen LogP contribution in [0.25, 0.3) is 22.8 Å². The molecule has 20 heavy (non-hydrogen) atoms. The van der Waals surface area contributed by atoms with Crippen molar-refractivity contribution in [1.82, 2.24) is 15.0 Å². The van der Waals surface area contributed by atoms with Crippen molar-refractivity contribution >= 4 is 5.82 Å². The number of pyridine rings is 1.